The Kier molecular flexibility index (Phi) is 5.13. The number of carbonyl (C=O) groups excluding carboxylic acids is 2. The summed E-state index contributed by atoms with van der Waals surface area (Å²) >= 11 is 1.09. The summed E-state index contributed by atoms with van der Waals surface area (Å²) in [4.78, 5) is 40.7. The lowest BCUT2D eigenvalue weighted by Crippen LogP contribution is -2.35. The monoisotopic (exact) mass is 408 g/mol. The second-order valence-corrected chi connectivity index (χ2v) is 7.27. The summed E-state index contributed by atoms with van der Waals surface area (Å²) in [6.07, 6.45) is 0. The molecule has 4 rings (SSSR count). The molecule has 0 unspecified atom stereocenters. The van der Waals surface area contributed by atoms with E-state index in [0.717, 1.165) is 11.8 Å². The molecule has 0 bridgehead atoms. The highest BCUT2D eigenvalue weighted by atomic mass is 32.2. The zero-order valence-corrected chi connectivity index (χ0v) is 16.2. The van der Waals surface area contributed by atoms with Crippen LogP contribution in [0.4, 0.5) is 5.69 Å². The number of hydrogen-bond donors (Lipinski definition) is 1. The van der Waals surface area contributed by atoms with Crippen molar-refractivity contribution in [1.29, 1.82) is 0 Å². The Morgan fingerprint density at radius 3 is 2.72 bits per heavy atom. The molecule has 9 heteroatoms. The lowest BCUT2D eigenvalue weighted by Gasteiger charge is -2.26. The van der Waals surface area contributed by atoms with Crippen LogP contribution in [0.25, 0.3) is 11.3 Å². The molecule has 146 valence electrons. The van der Waals surface area contributed by atoms with Crippen LogP contribution in [0, 0.1) is 0 Å². The van der Waals surface area contributed by atoms with Crippen LogP contribution >= 0.6 is 11.8 Å². The van der Waals surface area contributed by atoms with E-state index in [-0.39, 0.29) is 40.5 Å². The summed E-state index contributed by atoms with van der Waals surface area (Å²) in [6.45, 7) is -0.0162. The van der Waals surface area contributed by atoms with Gasteiger partial charge in [-0.05, 0) is 18.2 Å². The van der Waals surface area contributed by atoms with Crippen molar-refractivity contribution in [3.63, 3.8) is 0 Å². The molecule has 1 amide bonds. The van der Waals surface area contributed by atoms with Crippen LogP contribution in [0.5, 0.6) is 5.75 Å². The Morgan fingerprint density at radius 2 is 1.97 bits per heavy atom. The minimum atomic E-state index is -0.368. The molecule has 2 aromatic carbocycles. The summed E-state index contributed by atoms with van der Waals surface area (Å²) < 4.78 is 5.37. The Balaban J connectivity index is 1.47. The fraction of sp³-hybridized carbons (Fsp3) is 0.150. The third-order valence-electron chi connectivity index (χ3n) is 4.43. The predicted molar refractivity (Wildman–Crippen MR) is 108 cm³/mol. The van der Waals surface area contributed by atoms with E-state index in [9.17, 15) is 14.4 Å². The number of carbonyl (C=O) groups is 2. The number of ketones is 1. The topological polar surface area (TPSA) is 105 Å². The van der Waals surface area contributed by atoms with Gasteiger partial charge in [0.15, 0.2) is 23.2 Å². The minimum Gasteiger partial charge on any atom is -0.482 e. The van der Waals surface area contributed by atoms with E-state index >= 15 is 0 Å². The fourth-order valence-electron chi connectivity index (χ4n) is 2.83. The lowest BCUT2D eigenvalue weighted by molar-refractivity contribution is -0.120. The smallest absolute Gasteiger partial charge is 0.278 e. The third kappa shape index (κ3) is 3.90. The van der Waals surface area contributed by atoms with Crippen molar-refractivity contribution in [2.75, 3.05) is 24.3 Å². The van der Waals surface area contributed by atoms with Gasteiger partial charge in [0.1, 0.15) is 5.75 Å². The highest BCUT2D eigenvalue weighted by Gasteiger charge is 2.23. The highest BCUT2D eigenvalue weighted by molar-refractivity contribution is 7.99. The molecule has 29 heavy (non-hydrogen) atoms. The maximum absolute atomic E-state index is 12.6. The van der Waals surface area contributed by atoms with Crippen molar-refractivity contribution >= 4 is 29.1 Å². The number of ether oxygens (including phenoxy) is 1. The van der Waals surface area contributed by atoms with E-state index < -0.39 is 0 Å². The molecule has 0 saturated carbocycles. The van der Waals surface area contributed by atoms with E-state index in [0.29, 0.717) is 22.6 Å². The first-order valence-electron chi connectivity index (χ1n) is 8.75. The molecular formula is C20H16N4O4S. The number of aromatic amines is 1. The van der Waals surface area contributed by atoms with Gasteiger partial charge in [0.05, 0.1) is 11.4 Å². The van der Waals surface area contributed by atoms with E-state index in [2.05, 4.69) is 15.2 Å². The van der Waals surface area contributed by atoms with Crippen LogP contribution in [0.15, 0.2) is 58.5 Å². The number of anilines is 1. The second kappa shape index (κ2) is 7.88. The van der Waals surface area contributed by atoms with Crippen molar-refractivity contribution in [3.8, 4) is 17.0 Å². The maximum Gasteiger partial charge on any atom is 0.278 e. The van der Waals surface area contributed by atoms with Gasteiger partial charge in [0.2, 0.25) is 0 Å². The van der Waals surface area contributed by atoms with Crippen molar-refractivity contribution in [2.24, 2.45) is 0 Å². The molecule has 1 aliphatic rings. The molecule has 0 radical (unpaired) electrons. The Morgan fingerprint density at radius 1 is 1.17 bits per heavy atom. The largest absolute Gasteiger partial charge is 0.482 e. The first-order valence-corrected chi connectivity index (χ1v) is 9.73. The van der Waals surface area contributed by atoms with Gasteiger partial charge in [-0.1, -0.05) is 42.1 Å². The summed E-state index contributed by atoms with van der Waals surface area (Å²) in [6, 6.07) is 14.0. The van der Waals surface area contributed by atoms with Crippen molar-refractivity contribution in [1.82, 2.24) is 15.2 Å². The normalized spacial score (nSPS) is 13.0. The molecule has 3 aromatic rings. The van der Waals surface area contributed by atoms with Gasteiger partial charge < -0.3 is 9.64 Å². The average Bonchev–Trinajstić information content (AvgIpc) is 2.75. The predicted octanol–water partition coefficient (Wildman–Crippen LogP) is 2.16. The first kappa shape index (κ1) is 18.9. The quantitative estimate of drug-likeness (QED) is 0.509. The van der Waals surface area contributed by atoms with Gasteiger partial charge in [-0.3, -0.25) is 19.4 Å². The molecule has 0 spiro atoms. The molecule has 1 N–H and O–H groups in total. The number of likely N-dealkylation sites (N-methyl/N-ethyl adjacent to an activating group) is 1. The van der Waals surface area contributed by atoms with Crippen molar-refractivity contribution in [2.45, 2.75) is 5.16 Å². The fourth-order valence-corrected chi connectivity index (χ4v) is 3.53. The molecule has 1 aromatic heterocycles. The Bertz CT molecular complexity index is 1150. The molecular weight excluding hydrogens is 392 g/mol. The van der Waals surface area contributed by atoms with Crippen LogP contribution in [0.1, 0.15) is 10.4 Å². The molecule has 0 atom stereocenters. The number of hydrogen-bond acceptors (Lipinski definition) is 7. The number of nitrogens with one attached hydrogen (secondary N) is 1. The molecule has 0 fully saturated rings. The number of H-pyrrole nitrogens is 1. The lowest BCUT2D eigenvalue weighted by atomic mass is 10.1. The van der Waals surface area contributed by atoms with Crippen LogP contribution < -0.4 is 15.2 Å². The number of Topliss-reactive ketones (excluding diaryl/α,β-unsaturated/α-hetero) is 1. The summed E-state index contributed by atoms with van der Waals surface area (Å²) in [7, 11) is 1.64. The minimum absolute atomic E-state index is 0.0162. The number of amides is 1. The van der Waals surface area contributed by atoms with Crippen LogP contribution in [-0.4, -0.2) is 46.3 Å². The molecule has 0 aliphatic carbocycles. The number of benzene rings is 2. The molecule has 1 aliphatic heterocycles. The van der Waals surface area contributed by atoms with Crippen molar-refractivity contribution in [3.05, 3.63) is 64.4 Å². The number of thioether (sulfide) groups is 1. The van der Waals surface area contributed by atoms with Crippen LogP contribution in [0.3, 0.4) is 0 Å². The van der Waals surface area contributed by atoms with Gasteiger partial charge in [0, 0.05) is 18.2 Å². The van der Waals surface area contributed by atoms with Crippen LogP contribution in [-0.2, 0) is 4.79 Å². The maximum atomic E-state index is 12.6. The van der Waals surface area contributed by atoms with Gasteiger partial charge in [-0.25, -0.2) is 0 Å². The number of rotatable bonds is 5. The van der Waals surface area contributed by atoms with Gasteiger partial charge in [-0.15, -0.1) is 10.2 Å². The van der Waals surface area contributed by atoms with Crippen LogP contribution in [0.2, 0.25) is 0 Å². The highest BCUT2D eigenvalue weighted by Crippen LogP contribution is 2.32. The number of aromatic nitrogens is 3. The summed E-state index contributed by atoms with van der Waals surface area (Å²) in [5, 5.41) is 8.26. The van der Waals surface area contributed by atoms with E-state index in [4.69, 9.17) is 4.74 Å². The number of fused-ring (bicyclic) bond motifs is 1. The Hall–Kier alpha value is -3.46. The first-order chi connectivity index (χ1) is 14.0. The summed E-state index contributed by atoms with van der Waals surface area (Å²) in [5.74, 6) is 0.275. The molecule has 8 nitrogen and oxygen atoms in total. The van der Waals surface area contributed by atoms with Crippen molar-refractivity contribution < 1.29 is 14.3 Å². The molecule has 0 saturated heterocycles. The zero-order chi connectivity index (χ0) is 20.4. The average molecular weight is 408 g/mol. The standard InChI is InChI=1S/C20H16N4O4S/c1-24-14-9-13(7-8-16(14)28-10-17(24)26)15(25)11-29-20-21-19(27)18(22-23-20)12-5-3-2-4-6-12/h2-9H,10-11H2,1H3,(H,21,23,27). The third-order valence-corrected chi connectivity index (χ3v) is 5.29. The zero-order valence-electron chi connectivity index (χ0n) is 15.4. The van der Waals surface area contributed by atoms with Gasteiger partial charge in [0.25, 0.3) is 11.5 Å². The van der Waals surface area contributed by atoms with E-state index in [1.807, 2.05) is 18.2 Å². The van der Waals surface area contributed by atoms with E-state index in [1.165, 1.54) is 4.90 Å². The van der Waals surface area contributed by atoms with Gasteiger partial charge in [-0.2, -0.15) is 0 Å². The van der Waals surface area contributed by atoms with E-state index in [1.54, 1.807) is 37.4 Å². The SMILES string of the molecule is CN1C(=O)COc2ccc(C(=O)CSc3nnc(-c4ccccc4)c(=O)[nH]3)cc21. The molecule has 2 heterocycles. The van der Waals surface area contributed by atoms with Gasteiger partial charge >= 0.3 is 0 Å². The summed E-state index contributed by atoms with van der Waals surface area (Å²) in [5.41, 5.74) is 1.52. The number of nitrogens with zero attached hydrogens (tertiary/aromatic N) is 3. The second-order valence-electron chi connectivity index (χ2n) is 6.31. The Labute approximate surface area is 169 Å².